The number of rotatable bonds is 4. The normalized spacial score (nSPS) is 33.9. The van der Waals surface area contributed by atoms with Crippen molar-refractivity contribution in [3.05, 3.63) is 0 Å². The van der Waals surface area contributed by atoms with E-state index in [1.165, 1.54) is 0 Å². The summed E-state index contributed by atoms with van der Waals surface area (Å²) in [5.74, 6) is -0.540. The monoisotopic (exact) mass is 282 g/mol. The van der Waals surface area contributed by atoms with E-state index in [0.717, 1.165) is 25.7 Å². The third-order valence-corrected chi connectivity index (χ3v) is 4.84. The number of hydrogen-bond donors (Lipinski definition) is 3. The maximum atomic E-state index is 12.4. The van der Waals surface area contributed by atoms with E-state index >= 15 is 0 Å². The Labute approximate surface area is 118 Å². The van der Waals surface area contributed by atoms with Gasteiger partial charge in [-0.05, 0) is 44.4 Å². The molecule has 0 aromatic rings. The molecule has 3 N–H and O–H groups in total. The van der Waals surface area contributed by atoms with E-state index in [-0.39, 0.29) is 36.7 Å². The number of carbonyl (C=O) groups is 2. The van der Waals surface area contributed by atoms with Gasteiger partial charge in [-0.15, -0.1) is 0 Å². The number of carbonyl (C=O) groups excluding carboxylic acids is 1. The molecule has 0 spiro atoms. The van der Waals surface area contributed by atoms with Gasteiger partial charge in [0.05, 0.1) is 12.5 Å². The first-order valence-electron chi connectivity index (χ1n) is 7.53. The average Bonchev–Trinajstić information content (AvgIpc) is 3.14. The Bertz CT molecular complexity index is 396. The van der Waals surface area contributed by atoms with Crippen molar-refractivity contribution in [2.24, 2.45) is 5.92 Å². The van der Waals surface area contributed by atoms with Gasteiger partial charge in [0.1, 0.15) is 0 Å². The number of piperidine rings is 1. The second-order valence-corrected chi connectivity index (χ2v) is 6.41. The Morgan fingerprint density at radius 1 is 1.15 bits per heavy atom. The van der Waals surface area contributed by atoms with Gasteiger partial charge >= 0.3 is 12.0 Å². The summed E-state index contributed by atoms with van der Waals surface area (Å²) in [5.41, 5.74) is 0. The van der Waals surface area contributed by atoms with Crippen LogP contribution in [0.4, 0.5) is 4.79 Å². The lowest BCUT2D eigenvalue weighted by Gasteiger charge is -2.38. The fourth-order valence-corrected chi connectivity index (χ4v) is 3.74. The molecule has 20 heavy (non-hydrogen) atoms. The molecule has 1 saturated carbocycles. The topological polar surface area (TPSA) is 89.9 Å². The molecule has 0 aromatic heterocycles. The van der Waals surface area contributed by atoms with Crippen LogP contribution in [0.15, 0.2) is 0 Å². The van der Waals surface area contributed by atoms with Gasteiger partial charge in [-0.25, -0.2) is 4.79 Å². The first-order valence-corrected chi connectivity index (χ1v) is 7.53. The lowest BCUT2D eigenvalue weighted by Crippen LogP contribution is -2.54. The van der Waals surface area contributed by atoms with Crippen molar-refractivity contribution in [2.75, 3.05) is 0 Å². The van der Waals surface area contributed by atoms with Gasteiger partial charge in [0.15, 0.2) is 0 Å². The van der Waals surface area contributed by atoms with E-state index in [1.807, 2.05) is 4.90 Å². The predicted octanol–water partition coefficient (Wildman–Crippen LogP) is 0.937. The Morgan fingerprint density at radius 3 is 2.25 bits per heavy atom. The Balaban J connectivity index is 1.62. The lowest BCUT2D eigenvalue weighted by molar-refractivity contribution is -0.137. The highest BCUT2D eigenvalue weighted by Crippen LogP contribution is 2.37. The highest BCUT2D eigenvalue weighted by molar-refractivity contribution is 5.77. The maximum Gasteiger partial charge on any atom is 0.318 e. The molecular weight excluding hydrogens is 260 g/mol. The van der Waals surface area contributed by atoms with Crippen LogP contribution in [-0.4, -0.2) is 51.3 Å². The summed E-state index contributed by atoms with van der Waals surface area (Å²) in [6, 6.07) is -0.143. The summed E-state index contributed by atoms with van der Waals surface area (Å²) in [6.07, 6.45) is 4.91. The molecule has 3 unspecified atom stereocenters. The summed E-state index contributed by atoms with van der Waals surface area (Å²) in [4.78, 5) is 25.2. The number of aliphatic hydroxyl groups is 1. The minimum Gasteiger partial charge on any atom is -0.481 e. The molecule has 2 heterocycles. The molecule has 1 aliphatic carbocycles. The fourth-order valence-electron chi connectivity index (χ4n) is 3.74. The smallest absolute Gasteiger partial charge is 0.318 e. The van der Waals surface area contributed by atoms with E-state index in [9.17, 15) is 14.7 Å². The van der Waals surface area contributed by atoms with E-state index < -0.39 is 5.97 Å². The van der Waals surface area contributed by atoms with Crippen LogP contribution in [0, 0.1) is 5.92 Å². The zero-order valence-electron chi connectivity index (χ0n) is 11.5. The van der Waals surface area contributed by atoms with Crippen LogP contribution in [0.5, 0.6) is 0 Å². The molecular formula is C14H22N2O4. The number of urea groups is 1. The number of nitrogens with zero attached hydrogens (tertiary/aromatic N) is 1. The van der Waals surface area contributed by atoms with Gasteiger partial charge in [-0.2, -0.15) is 0 Å². The summed E-state index contributed by atoms with van der Waals surface area (Å²) in [5, 5.41) is 21.6. The van der Waals surface area contributed by atoms with Gasteiger partial charge in [0.2, 0.25) is 0 Å². The van der Waals surface area contributed by atoms with Gasteiger partial charge < -0.3 is 20.4 Å². The van der Waals surface area contributed by atoms with Crippen LogP contribution in [0.2, 0.25) is 0 Å². The van der Waals surface area contributed by atoms with Crippen molar-refractivity contribution < 1.29 is 19.8 Å². The SMILES string of the molecule is O=C(O)CC(NC(=O)N1C2CCC1CC(O)C2)C1CC1. The van der Waals surface area contributed by atoms with Gasteiger partial charge in [0, 0.05) is 18.1 Å². The van der Waals surface area contributed by atoms with Crippen LogP contribution >= 0.6 is 0 Å². The molecule has 6 nitrogen and oxygen atoms in total. The van der Waals surface area contributed by atoms with Crippen molar-refractivity contribution >= 4 is 12.0 Å². The van der Waals surface area contributed by atoms with Crippen LogP contribution in [0.3, 0.4) is 0 Å². The van der Waals surface area contributed by atoms with Crippen molar-refractivity contribution in [3.8, 4) is 0 Å². The molecule has 2 bridgehead atoms. The molecule has 3 atom stereocenters. The minimum atomic E-state index is -0.862. The molecule has 3 fully saturated rings. The molecule has 6 heteroatoms. The van der Waals surface area contributed by atoms with Crippen molar-refractivity contribution in [3.63, 3.8) is 0 Å². The van der Waals surface area contributed by atoms with Crippen LogP contribution in [0.25, 0.3) is 0 Å². The van der Waals surface area contributed by atoms with Crippen LogP contribution in [-0.2, 0) is 4.79 Å². The Morgan fingerprint density at radius 2 is 1.75 bits per heavy atom. The van der Waals surface area contributed by atoms with E-state index in [1.54, 1.807) is 0 Å². The third-order valence-electron chi connectivity index (χ3n) is 4.84. The summed E-state index contributed by atoms with van der Waals surface area (Å²) in [7, 11) is 0. The molecule has 2 aliphatic heterocycles. The van der Waals surface area contributed by atoms with Gasteiger partial charge in [-0.1, -0.05) is 0 Å². The second kappa shape index (κ2) is 5.24. The number of hydrogen-bond acceptors (Lipinski definition) is 3. The molecule has 3 aliphatic rings. The largest absolute Gasteiger partial charge is 0.481 e. The van der Waals surface area contributed by atoms with Crippen molar-refractivity contribution in [2.45, 2.75) is 69.2 Å². The lowest BCUT2D eigenvalue weighted by atomic mass is 10.0. The Hall–Kier alpha value is -1.30. The average molecular weight is 282 g/mol. The van der Waals surface area contributed by atoms with Gasteiger partial charge in [0.25, 0.3) is 0 Å². The van der Waals surface area contributed by atoms with Gasteiger partial charge in [-0.3, -0.25) is 4.79 Å². The number of aliphatic carboxylic acids is 1. The fraction of sp³-hybridized carbons (Fsp3) is 0.857. The molecule has 2 saturated heterocycles. The predicted molar refractivity (Wildman–Crippen MR) is 71.2 cm³/mol. The maximum absolute atomic E-state index is 12.4. The number of fused-ring (bicyclic) bond motifs is 2. The molecule has 112 valence electrons. The highest BCUT2D eigenvalue weighted by Gasteiger charge is 2.44. The number of carboxylic acid groups (broad SMARTS) is 1. The molecule has 3 rings (SSSR count). The highest BCUT2D eigenvalue weighted by atomic mass is 16.4. The van der Waals surface area contributed by atoms with Crippen LogP contribution < -0.4 is 5.32 Å². The van der Waals surface area contributed by atoms with Crippen LogP contribution in [0.1, 0.15) is 44.9 Å². The quantitative estimate of drug-likeness (QED) is 0.715. The summed E-state index contributed by atoms with van der Waals surface area (Å²) < 4.78 is 0. The molecule has 2 amide bonds. The zero-order chi connectivity index (χ0) is 14.3. The number of aliphatic hydroxyl groups excluding tert-OH is 1. The number of nitrogens with one attached hydrogen (secondary N) is 1. The molecule has 0 radical (unpaired) electrons. The number of amides is 2. The standard InChI is InChI=1S/C14H22N2O4/c17-11-5-9-3-4-10(6-11)16(9)14(20)15-12(7-13(18)19)8-1-2-8/h8-12,17H,1-7H2,(H,15,20)(H,18,19). The number of carboxylic acids is 1. The first kappa shape index (κ1) is 13.7. The van der Waals surface area contributed by atoms with Crippen molar-refractivity contribution in [1.29, 1.82) is 0 Å². The second-order valence-electron chi connectivity index (χ2n) is 6.41. The molecule has 0 aromatic carbocycles. The Kier molecular flexibility index (Phi) is 3.58. The third kappa shape index (κ3) is 2.75. The minimum absolute atomic E-state index is 0.00219. The zero-order valence-corrected chi connectivity index (χ0v) is 11.5. The summed E-state index contributed by atoms with van der Waals surface area (Å²) >= 11 is 0. The van der Waals surface area contributed by atoms with E-state index in [4.69, 9.17) is 5.11 Å². The van der Waals surface area contributed by atoms with E-state index in [0.29, 0.717) is 18.8 Å². The summed E-state index contributed by atoms with van der Waals surface area (Å²) in [6.45, 7) is 0. The first-order chi connectivity index (χ1) is 9.54. The van der Waals surface area contributed by atoms with Crippen molar-refractivity contribution in [1.82, 2.24) is 10.2 Å². The van der Waals surface area contributed by atoms with E-state index in [2.05, 4.69) is 5.32 Å².